The smallest absolute Gasteiger partial charge is 0.113 e. The molecule has 0 radical (unpaired) electrons. The van der Waals surface area contributed by atoms with Crippen LogP contribution < -0.4 is 5.32 Å². The lowest BCUT2D eigenvalue weighted by Gasteiger charge is -2.07. The lowest BCUT2D eigenvalue weighted by Crippen LogP contribution is -2.02. The molecule has 1 N–H and O–H groups in total. The minimum Gasteiger partial charge on any atom is -0.377 e. The molecular formula is C11H12ClN3S. The van der Waals surface area contributed by atoms with Crippen molar-refractivity contribution in [2.75, 3.05) is 5.32 Å². The van der Waals surface area contributed by atoms with Crippen molar-refractivity contribution in [1.29, 1.82) is 0 Å². The van der Waals surface area contributed by atoms with E-state index in [9.17, 15) is 0 Å². The van der Waals surface area contributed by atoms with Crippen LogP contribution in [0.5, 0.6) is 0 Å². The van der Waals surface area contributed by atoms with Crippen molar-refractivity contribution >= 4 is 28.6 Å². The number of halogens is 1. The molecule has 0 fully saturated rings. The fourth-order valence-corrected chi connectivity index (χ4v) is 2.31. The van der Waals surface area contributed by atoms with Crippen LogP contribution in [0.15, 0.2) is 18.3 Å². The fraction of sp³-hybridized carbons (Fsp3) is 0.273. The molecule has 2 heterocycles. The van der Waals surface area contributed by atoms with Crippen LogP contribution in [0.2, 0.25) is 4.34 Å². The minimum absolute atomic E-state index is 0.683. The second-order valence-electron chi connectivity index (χ2n) is 3.50. The van der Waals surface area contributed by atoms with Gasteiger partial charge in [0.25, 0.3) is 0 Å². The SMILES string of the molecule is Cc1ccc(NCc2ncc(Cl)s2)c(C)n1. The first-order chi connectivity index (χ1) is 7.65. The Morgan fingerprint density at radius 3 is 2.81 bits per heavy atom. The van der Waals surface area contributed by atoms with Crippen molar-refractivity contribution in [3.63, 3.8) is 0 Å². The molecule has 2 aromatic rings. The van der Waals surface area contributed by atoms with Crippen molar-refractivity contribution < 1.29 is 0 Å². The molecule has 0 spiro atoms. The van der Waals surface area contributed by atoms with Crippen molar-refractivity contribution in [2.24, 2.45) is 0 Å². The summed E-state index contributed by atoms with van der Waals surface area (Å²) in [7, 11) is 0. The zero-order valence-corrected chi connectivity index (χ0v) is 10.7. The van der Waals surface area contributed by atoms with Gasteiger partial charge in [-0.2, -0.15) is 0 Å². The Balaban J connectivity index is 2.04. The number of aryl methyl sites for hydroxylation is 2. The Labute approximate surface area is 104 Å². The zero-order valence-electron chi connectivity index (χ0n) is 9.12. The third-order valence-corrected chi connectivity index (χ3v) is 3.30. The van der Waals surface area contributed by atoms with Crippen molar-refractivity contribution in [2.45, 2.75) is 20.4 Å². The van der Waals surface area contributed by atoms with E-state index in [2.05, 4.69) is 15.3 Å². The van der Waals surface area contributed by atoms with Gasteiger partial charge in [0.05, 0.1) is 24.1 Å². The van der Waals surface area contributed by atoms with E-state index in [1.807, 2.05) is 26.0 Å². The molecule has 0 amide bonds. The van der Waals surface area contributed by atoms with Gasteiger partial charge in [-0.1, -0.05) is 11.6 Å². The summed E-state index contributed by atoms with van der Waals surface area (Å²) in [5, 5.41) is 4.27. The van der Waals surface area contributed by atoms with Gasteiger partial charge in [-0.25, -0.2) is 4.98 Å². The quantitative estimate of drug-likeness (QED) is 0.911. The molecular weight excluding hydrogens is 242 g/mol. The summed E-state index contributed by atoms with van der Waals surface area (Å²) in [4.78, 5) is 8.57. The lowest BCUT2D eigenvalue weighted by atomic mass is 10.3. The number of hydrogen-bond donors (Lipinski definition) is 1. The van der Waals surface area contributed by atoms with Crippen LogP contribution in [0.1, 0.15) is 16.4 Å². The average molecular weight is 254 g/mol. The highest BCUT2D eigenvalue weighted by atomic mass is 35.5. The van der Waals surface area contributed by atoms with Crippen LogP contribution in [-0.2, 0) is 6.54 Å². The van der Waals surface area contributed by atoms with E-state index in [0.717, 1.165) is 26.4 Å². The molecule has 0 saturated heterocycles. The predicted molar refractivity (Wildman–Crippen MR) is 68.2 cm³/mol. The number of thiazole rings is 1. The first kappa shape index (κ1) is 11.4. The highest BCUT2D eigenvalue weighted by molar-refractivity contribution is 7.15. The van der Waals surface area contributed by atoms with Crippen molar-refractivity contribution in [3.8, 4) is 0 Å². The van der Waals surface area contributed by atoms with Crippen LogP contribution in [0.4, 0.5) is 5.69 Å². The van der Waals surface area contributed by atoms with E-state index < -0.39 is 0 Å². The van der Waals surface area contributed by atoms with E-state index in [4.69, 9.17) is 11.6 Å². The standard InChI is InChI=1S/C11H12ClN3S/c1-7-3-4-9(8(2)15-7)13-6-11-14-5-10(12)16-11/h3-5,13H,6H2,1-2H3. The van der Waals surface area contributed by atoms with Gasteiger partial charge in [-0.15, -0.1) is 11.3 Å². The van der Waals surface area contributed by atoms with Crippen molar-refractivity contribution in [3.05, 3.63) is 39.1 Å². The van der Waals surface area contributed by atoms with E-state index in [-0.39, 0.29) is 0 Å². The first-order valence-corrected chi connectivity index (χ1v) is 6.13. The van der Waals surface area contributed by atoms with Crippen molar-refractivity contribution in [1.82, 2.24) is 9.97 Å². The third-order valence-electron chi connectivity index (χ3n) is 2.18. The first-order valence-electron chi connectivity index (χ1n) is 4.93. The number of pyridine rings is 1. The Morgan fingerprint density at radius 1 is 1.38 bits per heavy atom. The molecule has 0 aromatic carbocycles. The summed E-state index contributed by atoms with van der Waals surface area (Å²) < 4.78 is 0.718. The summed E-state index contributed by atoms with van der Waals surface area (Å²) in [6.07, 6.45) is 1.67. The van der Waals surface area contributed by atoms with Gasteiger partial charge in [0.1, 0.15) is 9.34 Å². The van der Waals surface area contributed by atoms with E-state index in [1.54, 1.807) is 6.20 Å². The lowest BCUT2D eigenvalue weighted by molar-refractivity contribution is 1.06. The largest absolute Gasteiger partial charge is 0.377 e. The van der Waals surface area contributed by atoms with Crippen LogP contribution in [-0.4, -0.2) is 9.97 Å². The number of nitrogens with one attached hydrogen (secondary N) is 1. The maximum absolute atomic E-state index is 5.81. The normalized spacial score (nSPS) is 10.4. The van der Waals surface area contributed by atoms with Crippen LogP contribution in [0.25, 0.3) is 0 Å². The third kappa shape index (κ3) is 2.71. The molecule has 2 aromatic heterocycles. The van der Waals surface area contributed by atoms with Gasteiger partial charge in [0.15, 0.2) is 0 Å². The van der Waals surface area contributed by atoms with E-state index >= 15 is 0 Å². The Morgan fingerprint density at radius 2 is 2.19 bits per heavy atom. The highest BCUT2D eigenvalue weighted by Gasteiger charge is 2.02. The second-order valence-corrected chi connectivity index (χ2v) is 5.24. The molecule has 0 aliphatic carbocycles. The number of hydrogen-bond acceptors (Lipinski definition) is 4. The summed E-state index contributed by atoms with van der Waals surface area (Å²) >= 11 is 7.30. The summed E-state index contributed by atoms with van der Waals surface area (Å²) in [5.74, 6) is 0. The average Bonchev–Trinajstić information content (AvgIpc) is 2.63. The van der Waals surface area contributed by atoms with Crippen LogP contribution in [0, 0.1) is 13.8 Å². The summed E-state index contributed by atoms with van der Waals surface area (Å²) in [5.41, 5.74) is 3.07. The molecule has 0 unspecified atom stereocenters. The molecule has 0 atom stereocenters. The molecule has 84 valence electrons. The number of nitrogens with zero attached hydrogens (tertiary/aromatic N) is 2. The molecule has 0 aliphatic rings. The Kier molecular flexibility index (Phi) is 3.41. The molecule has 0 aliphatic heterocycles. The molecule has 2 rings (SSSR count). The maximum Gasteiger partial charge on any atom is 0.113 e. The van der Waals surface area contributed by atoms with Gasteiger partial charge in [-0.05, 0) is 26.0 Å². The monoisotopic (exact) mass is 253 g/mol. The summed E-state index contributed by atoms with van der Waals surface area (Å²) in [6.45, 7) is 4.66. The molecule has 3 nitrogen and oxygen atoms in total. The molecule has 5 heteroatoms. The zero-order chi connectivity index (χ0) is 11.5. The van der Waals surface area contributed by atoms with Crippen LogP contribution >= 0.6 is 22.9 Å². The topological polar surface area (TPSA) is 37.8 Å². The van der Waals surface area contributed by atoms with E-state index in [1.165, 1.54) is 11.3 Å². The maximum atomic E-state index is 5.81. The fourth-order valence-electron chi connectivity index (χ4n) is 1.41. The highest BCUT2D eigenvalue weighted by Crippen LogP contribution is 2.20. The molecule has 16 heavy (non-hydrogen) atoms. The van der Waals surface area contributed by atoms with Gasteiger partial charge in [0, 0.05) is 5.69 Å². The number of aromatic nitrogens is 2. The summed E-state index contributed by atoms with van der Waals surface area (Å²) in [6, 6.07) is 4.02. The van der Waals surface area contributed by atoms with Crippen LogP contribution in [0.3, 0.4) is 0 Å². The second kappa shape index (κ2) is 4.80. The molecule has 0 bridgehead atoms. The minimum atomic E-state index is 0.683. The number of rotatable bonds is 3. The molecule has 0 saturated carbocycles. The van der Waals surface area contributed by atoms with E-state index in [0.29, 0.717) is 6.54 Å². The predicted octanol–water partition coefficient (Wildman–Crippen LogP) is 3.42. The van der Waals surface area contributed by atoms with Gasteiger partial charge < -0.3 is 5.32 Å². The Bertz CT molecular complexity index is 496. The van der Waals surface area contributed by atoms with Gasteiger partial charge in [-0.3, -0.25) is 4.98 Å². The number of anilines is 1. The van der Waals surface area contributed by atoms with Gasteiger partial charge >= 0.3 is 0 Å². The Hall–Kier alpha value is -1.13. The van der Waals surface area contributed by atoms with Gasteiger partial charge in [0.2, 0.25) is 0 Å².